The molecule has 0 saturated carbocycles. The molecule has 2 aliphatic rings. The smallest absolute Gasteiger partial charge is 0.406 e. The molecule has 2 aromatic carbocycles. The Hall–Kier alpha value is -2.55. The Kier molecular flexibility index (Phi) is 5.48. The number of aliphatic imine (C=N–C) groups is 2. The van der Waals surface area contributed by atoms with Crippen LogP contribution in [0.5, 0.6) is 5.75 Å². The fraction of sp³-hybridized carbons (Fsp3) is 0.333. The fourth-order valence-corrected chi connectivity index (χ4v) is 4.31. The molecule has 9 heteroatoms. The highest BCUT2D eigenvalue weighted by Gasteiger charge is 2.48. The van der Waals surface area contributed by atoms with E-state index in [-0.39, 0.29) is 5.75 Å². The average Bonchev–Trinajstić information content (AvgIpc) is 2.92. The number of amidine groups is 1. The Morgan fingerprint density at radius 1 is 1.03 bits per heavy atom. The molecule has 0 saturated heterocycles. The van der Waals surface area contributed by atoms with E-state index in [1.54, 1.807) is 12.1 Å². The van der Waals surface area contributed by atoms with Crippen molar-refractivity contribution in [2.75, 3.05) is 13.1 Å². The van der Waals surface area contributed by atoms with Crippen LogP contribution in [0.3, 0.4) is 0 Å². The predicted octanol–water partition coefficient (Wildman–Crippen LogP) is 4.80. The standard InChI is InChI=1S/C21H20BrF3N4O/c22-16-6-4-5-15(13-16)20(14-7-9-17(10-8-14)30-21(23,24)25)18-27-11-2-1-3-12-29(18)19(26)28-20/h4-10,13H,1-3,11-12H2,(H2,26,28). The van der Waals surface area contributed by atoms with Crippen LogP contribution in [0.15, 0.2) is 63.0 Å². The Balaban J connectivity index is 1.87. The van der Waals surface area contributed by atoms with E-state index in [2.05, 4.69) is 20.7 Å². The Morgan fingerprint density at radius 2 is 1.80 bits per heavy atom. The van der Waals surface area contributed by atoms with Gasteiger partial charge in [0.05, 0.1) is 0 Å². The van der Waals surface area contributed by atoms with Gasteiger partial charge in [-0.1, -0.05) is 40.2 Å². The van der Waals surface area contributed by atoms with Crippen LogP contribution in [0.4, 0.5) is 13.2 Å². The number of rotatable bonds is 3. The summed E-state index contributed by atoms with van der Waals surface area (Å²) < 4.78 is 42.7. The van der Waals surface area contributed by atoms with E-state index in [1.807, 2.05) is 29.2 Å². The van der Waals surface area contributed by atoms with Gasteiger partial charge >= 0.3 is 6.36 Å². The van der Waals surface area contributed by atoms with Gasteiger partial charge in [-0.2, -0.15) is 0 Å². The second kappa shape index (κ2) is 7.94. The average molecular weight is 481 g/mol. The Labute approximate surface area is 180 Å². The maximum Gasteiger partial charge on any atom is 0.573 e. The molecule has 4 rings (SSSR count). The molecule has 2 heterocycles. The van der Waals surface area contributed by atoms with Gasteiger partial charge in [0.2, 0.25) is 0 Å². The summed E-state index contributed by atoms with van der Waals surface area (Å²) in [5.74, 6) is 0.760. The maximum atomic E-state index is 12.6. The summed E-state index contributed by atoms with van der Waals surface area (Å²) in [5.41, 5.74) is 6.77. The number of benzene rings is 2. The number of fused-ring (bicyclic) bond motifs is 1. The van der Waals surface area contributed by atoms with Gasteiger partial charge in [0.25, 0.3) is 0 Å². The third-order valence-corrected chi connectivity index (χ3v) is 5.68. The number of nitrogens with two attached hydrogens (primary N) is 1. The van der Waals surface area contributed by atoms with Crippen molar-refractivity contribution in [3.8, 4) is 5.75 Å². The van der Waals surface area contributed by atoms with Crippen molar-refractivity contribution < 1.29 is 17.9 Å². The van der Waals surface area contributed by atoms with Gasteiger partial charge in [-0.15, -0.1) is 13.2 Å². The molecular weight excluding hydrogens is 461 g/mol. The monoisotopic (exact) mass is 480 g/mol. The fourth-order valence-electron chi connectivity index (χ4n) is 3.91. The summed E-state index contributed by atoms with van der Waals surface area (Å²) in [5, 5.41) is 0. The minimum atomic E-state index is -4.75. The molecule has 158 valence electrons. The van der Waals surface area contributed by atoms with Crippen LogP contribution in [0, 0.1) is 0 Å². The van der Waals surface area contributed by atoms with Crippen LogP contribution in [-0.2, 0) is 5.54 Å². The molecular formula is C21H20BrF3N4O. The Morgan fingerprint density at radius 3 is 2.50 bits per heavy atom. The van der Waals surface area contributed by atoms with Crippen molar-refractivity contribution >= 4 is 27.7 Å². The number of guanidine groups is 1. The highest BCUT2D eigenvalue weighted by Crippen LogP contribution is 2.42. The van der Waals surface area contributed by atoms with Crippen LogP contribution in [-0.4, -0.2) is 36.1 Å². The van der Waals surface area contributed by atoms with E-state index >= 15 is 0 Å². The number of alkyl halides is 3. The second-order valence-corrected chi connectivity index (χ2v) is 8.10. The normalized spacial score (nSPS) is 21.9. The minimum Gasteiger partial charge on any atom is -0.406 e. The summed E-state index contributed by atoms with van der Waals surface area (Å²) in [6.07, 6.45) is -1.78. The minimum absolute atomic E-state index is 0.290. The molecule has 30 heavy (non-hydrogen) atoms. The van der Waals surface area contributed by atoms with Crippen LogP contribution >= 0.6 is 15.9 Å². The number of ether oxygens (including phenoxy) is 1. The molecule has 0 amide bonds. The molecule has 0 aliphatic carbocycles. The number of halogens is 4. The van der Waals surface area contributed by atoms with Crippen LogP contribution in [0.1, 0.15) is 30.4 Å². The zero-order valence-corrected chi connectivity index (χ0v) is 17.6. The number of hydrogen-bond acceptors (Lipinski definition) is 5. The lowest BCUT2D eigenvalue weighted by atomic mass is 9.82. The van der Waals surface area contributed by atoms with E-state index in [1.165, 1.54) is 12.1 Å². The quantitative estimate of drug-likeness (QED) is 0.685. The molecule has 2 N–H and O–H groups in total. The zero-order valence-electron chi connectivity index (χ0n) is 16.0. The van der Waals surface area contributed by atoms with E-state index in [0.717, 1.165) is 29.3 Å². The summed E-state index contributed by atoms with van der Waals surface area (Å²) in [4.78, 5) is 11.6. The third-order valence-electron chi connectivity index (χ3n) is 5.19. The first-order valence-corrected chi connectivity index (χ1v) is 10.4. The first-order chi connectivity index (χ1) is 14.3. The molecule has 0 aromatic heterocycles. The largest absolute Gasteiger partial charge is 0.573 e. The van der Waals surface area contributed by atoms with Gasteiger partial charge in [-0.05, 0) is 54.7 Å². The van der Waals surface area contributed by atoms with Gasteiger partial charge < -0.3 is 10.5 Å². The molecule has 2 aromatic rings. The van der Waals surface area contributed by atoms with Crippen LogP contribution in [0.2, 0.25) is 0 Å². The highest BCUT2D eigenvalue weighted by molar-refractivity contribution is 9.10. The van der Waals surface area contributed by atoms with E-state index < -0.39 is 11.9 Å². The van der Waals surface area contributed by atoms with Gasteiger partial charge in [0.15, 0.2) is 11.5 Å². The zero-order chi connectivity index (χ0) is 21.4. The molecule has 0 spiro atoms. The lowest BCUT2D eigenvalue weighted by Crippen LogP contribution is -2.45. The third kappa shape index (κ3) is 3.90. The predicted molar refractivity (Wildman–Crippen MR) is 113 cm³/mol. The van der Waals surface area contributed by atoms with Crippen LogP contribution in [0.25, 0.3) is 0 Å². The SMILES string of the molecule is NC1=NC(c2ccc(OC(F)(F)F)cc2)(c2cccc(Br)c2)C2=NCCCCCN12. The van der Waals surface area contributed by atoms with Crippen molar-refractivity contribution in [2.24, 2.45) is 15.7 Å². The molecule has 0 bridgehead atoms. The van der Waals surface area contributed by atoms with E-state index in [4.69, 9.17) is 15.7 Å². The lowest BCUT2D eigenvalue weighted by molar-refractivity contribution is -0.274. The molecule has 1 atom stereocenters. The van der Waals surface area contributed by atoms with Gasteiger partial charge in [-0.3, -0.25) is 9.89 Å². The van der Waals surface area contributed by atoms with Crippen molar-refractivity contribution in [3.63, 3.8) is 0 Å². The molecule has 2 aliphatic heterocycles. The van der Waals surface area contributed by atoms with E-state index in [9.17, 15) is 13.2 Å². The van der Waals surface area contributed by atoms with Crippen molar-refractivity contribution in [1.29, 1.82) is 0 Å². The first-order valence-electron chi connectivity index (χ1n) is 9.60. The molecule has 1 unspecified atom stereocenters. The summed E-state index contributed by atoms with van der Waals surface area (Å²) in [6.45, 7) is 1.33. The first kappa shape index (κ1) is 20.7. The van der Waals surface area contributed by atoms with Crippen LogP contribution < -0.4 is 10.5 Å². The summed E-state index contributed by atoms with van der Waals surface area (Å²) in [7, 11) is 0. The van der Waals surface area contributed by atoms with Gasteiger partial charge in [0.1, 0.15) is 11.6 Å². The molecule has 5 nitrogen and oxygen atoms in total. The van der Waals surface area contributed by atoms with E-state index in [0.29, 0.717) is 30.4 Å². The second-order valence-electron chi connectivity index (χ2n) is 7.18. The molecule has 0 fully saturated rings. The maximum absolute atomic E-state index is 12.6. The van der Waals surface area contributed by atoms with Crippen molar-refractivity contribution in [1.82, 2.24) is 4.90 Å². The summed E-state index contributed by atoms with van der Waals surface area (Å²) in [6, 6.07) is 13.4. The number of hydrogen-bond donors (Lipinski definition) is 1. The summed E-state index contributed by atoms with van der Waals surface area (Å²) >= 11 is 3.50. The lowest BCUT2D eigenvalue weighted by Gasteiger charge is -2.32. The topological polar surface area (TPSA) is 63.2 Å². The van der Waals surface area contributed by atoms with Crippen molar-refractivity contribution in [3.05, 3.63) is 64.1 Å². The number of nitrogens with zero attached hydrogens (tertiary/aromatic N) is 3. The van der Waals surface area contributed by atoms with Gasteiger partial charge in [0, 0.05) is 17.6 Å². The van der Waals surface area contributed by atoms with Gasteiger partial charge in [-0.25, -0.2) is 4.99 Å². The van der Waals surface area contributed by atoms with Crippen molar-refractivity contribution in [2.45, 2.75) is 31.2 Å². The Bertz CT molecular complexity index is 990. The molecule has 0 radical (unpaired) electrons. The highest BCUT2D eigenvalue weighted by atomic mass is 79.9.